The number of rotatable bonds is 6. The van der Waals surface area contributed by atoms with Gasteiger partial charge in [-0.15, -0.1) is 0 Å². The number of carbonyl (C=O) groups is 1. The molecule has 0 saturated heterocycles. The third-order valence-electron chi connectivity index (χ3n) is 4.44. The Balaban J connectivity index is 1.87. The number of aromatic nitrogens is 3. The molecule has 0 aliphatic carbocycles. The van der Waals surface area contributed by atoms with Gasteiger partial charge in [-0.05, 0) is 34.6 Å². The van der Waals surface area contributed by atoms with Crippen molar-refractivity contribution < 1.29 is 23.2 Å². The standard InChI is InChI=1S/C19H24N4O5/c1-7-13-21-16(12(6)26-13)19-23-15(11(5)28-19)17(25)22-14(9(3)24)18-20-8(2)10(4)27-18/h9,14,24H,7H2,1-6H3,(H,22,25). The van der Waals surface area contributed by atoms with Gasteiger partial charge >= 0.3 is 0 Å². The van der Waals surface area contributed by atoms with Gasteiger partial charge in [-0.3, -0.25) is 4.79 Å². The molecule has 0 aromatic carbocycles. The highest BCUT2D eigenvalue weighted by Crippen LogP contribution is 2.26. The molecule has 0 fully saturated rings. The third kappa shape index (κ3) is 3.70. The second kappa shape index (κ2) is 7.59. The van der Waals surface area contributed by atoms with Crippen LogP contribution in [0.4, 0.5) is 0 Å². The molecule has 150 valence electrons. The van der Waals surface area contributed by atoms with Crippen LogP contribution in [0.3, 0.4) is 0 Å². The number of nitrogens with zero attached hydrogens (tertiary/aromatic N) is 3. The molecule has 2 unspecified atom stereocenters. The zero-order valence-corrected chi connectivity index (χ0v) is 16.8. The zero-order valence-electron chi connectivity index (χ0n) is 16.8. The number of hydrogen-bond acceptors (Lipinski definition) is 8. The van der Waals surface area contributed by atoms with Gasteiger partial charge in [0.05, 0.1) is 11.8 Å². The largest absolute Gasteiger partial charge is 0.445 e. The molecule has 2 N–H and O–H groups in total. The van der Waals surface area contributed by atoms with Gasteiger partial charge in [0.25, 0.3) is 5.91 Å². The molecular weight excluding hydrogens is 364 g/mol. The lowest BCUT2D eigenvalue weighted by Gasteiger charge is -2.17. The van der Waals surface area contributed by atoms with Crippen molar-refractivity contribution in [3.05, 3.63) is 40.5 Å². The Hall–Kier alpha value is -2.94. The van der Waals surface area contributed by atoms with Crippen LogP contribution in [0.5, 0.6) is 0 Å². The van der Waals surface area contributed by atoms with E-state index in [-0.39, 0.29) is 17.5 Å². The SMILES string of the molecule is CCc1nc(-c2nc(C(=O)NC(c3nc(C)c(C)o3)C(C)O)c(C)o2)c(C)o1. The molecule has 2 atom stereocenters. The van der Waals surface area contributed by atoms with Gasteiger partial charge in [0, 0.05) is 6.42 Å². The van der Waals surface area contributed by atoms with Crippen LogP contribution in [0.15, 0.2) is 13.3 Å². The lowest BCUT2D eigenvalue weighted by atomic mass is 10.1. The summed E-state index contributed by atoms with van der Waals surface area (Å²) in [5.74, 6) is 2.03. The highest BCUT2D eigenvalue weighted by molar-refractivity contribution is 5.93. The van der Waals surface area contributed by atoms with Gasteiger partial charge in [0.1, 0.15) is 23.3 Å². The number of nitrogens with one attached hydrogen (secondary N) is 1. The molecule has 0 aliphatic rings. The molecule has 1 amide bonds. The number of amides is 1. The summed E-state index contributed by atoms with van der Waals surface area (Å²) in [6.07, 6.45) is -0.281. The Bertz CT molecular complexity index is 979. The number of carbonyl (C=O) groups excluding carboxylic acids is 1. The molecule has 0 bridgehead atoms. The van der Waals surface area contributed by atoms with E-state index in [4.69, 9.17) is 13.3 Å². The van der Waals surface area contributed by atoms with Crippen molar-refractivity contribution in [2.45, 2.75) is 60.1 Å². The lowest BCUT2D eigenvalue weighted by molar-refractivity contribution is 0.0821. The number of oxazole rings is 3. The highest BCUT2D eigenvalue weighted by atomic mass is 16.4. The predicted molar refractivity (Wildman–Crippen MR) is 98.7 cm³/mol. The Morgan fingerprint density at radius 3 is 2.29 bits per heavy atom. The molecule has 0 spiro atoms. The average Bonchev–Trinajstić information content (AvgIpc) is 3.29. The summed E-state index contributed by atoms with van der Waals surface area (Å²) in [4.78, 5) is 25.7. The number of hydrogen-bond donors (Lipinski definition) is 2. The third-order valence-corrected chi connectivity index (χ3v) is 4.44. The van der Waals surface area contributed by atoms with Gasteiger partial charge in [-0.1, -0.05) is 6.92 Å². The van der Waals surface area contributed by atoms with Crippen LogP contribution in [0.2, 0.25) is 0 Å². The normalized spacial score (nSPS) is 13.5. The van der Waals surface area contributed by atoms with Gasteiger partial charge in [-0.2, -0.15) is 0 Å². The maximum absolute atomic E-state index is 12.8. The Morgan fingerprint density at radius 1 is 1.04 bits per heavy atom. The van der Waals surface area contributed by atoms with E-state index in [9.17, 15) is 9.90 Å². The van der Waals surface area contributed by atoms with Crippen molar-refractivity contribution in [1.82, 2.24) is 20.3 Å². The minimum Gasteiger partial charge on any atom is -0.445 e. The molecule has 3 rings (SSSR count). The molecule has 0 aliphatic heterocycles. The first-order valence-corrected chi connectivity index (χ1v) is 9.08. The molecule has 9 nitrogen and oxygen atoms in total. The van der Waals surface area contributed by atoms with E-state index in [0.29, 0.717) is 41.0 Å². The summed E-state index contributed by atoms with van der Waals surface area (Å²) in [7, 11) is 0. The first kappa shape index (κ1) is 19.8. The van der Waals surface area contributed by atoms with Gasteiger partial charge in [0.15, 0.2) is 17.3 Å². The summed E-state index contributed by atoms with van der Waals surface area (Å²) in [5.41, 5.74) is 1.26. The van der Waals surface area contributed by atoms with Crippen LogP contribution in [0, 0.1) is 27.7 Å². The van der Waals surface area contributed by atoms with E-state index in [1.165, 1.54) is 0 Å². The fraction of sp³-hybridized carbons (Fsp3) is 0.474. The number of aliphatic hydroxyl groups excluding tert-OH is 1. The minimum atomic E-state index is -0.919. The molecule has 3 aromatic rings. The molecular formula is C19H24N4O5. The maximum atomic E-state index is 12.8. The predicted octanol–water partition coefficient (Wildman–Crippen LogP) is 2.97. The second-order valence-corrected chi connectivity index (χ2v) is 6.68. The summed E-state index contributed by atoms with van der Waals surface area (Å²) in [6.45, 7) is 10.4. The summed E-state index contributed by atoms with van der Waals surface area (Å²) in [5, 5.41) is 12.8. The van der Waals surface area contributed by atoms with Crippen molar-refractivity contribution in [3.63, 3.8) is 0 Å². The van der Waals surface area contributed by atoms with Crippen molar-refractivity contribution >= 4 is 5.91 Å². The first-order chi connectivity index (χ1) is 13.2. The lowest BCUT2D eigenvalue weighted by Crippen LogP contribution is -2.35. The van der Waals surface area contributed by atoms with Crippen molar-refractivity contribution in [1.29, 1.82) is 0 Å². The fourth-order valence-corrected chi connectivity index (χ4v) is 2.74. The highest BCUT2D eigenvalue weighted by Gasteiger charge is 2.29. The second-order valence-electron chi connectivity index (χ2n) is 6.68. The fourth-order valence-electron chi connectivity index (χ4n) is 2.74. The van der Waals surface area contributed by atoms with E-state index in [0.717, 1.165) is 0 Å². The van der Waals surface area contributed by atoms with Gasteiger partial charge in [-0.25, -0.2) is 15.0 Å². The van der Waals surface area contributed by atoms with E-state index in [2.05, 4.69) is 20.3 Å². The average molecular weight is 388 g/mol. The van der Waals surface area contributed by atoms with Crippen LogP contribution < -0.4 is 5.32 Å². The molecule has 0 saturated carbocycles. The van der Waals surface area contributed by atoms with Gasteiger partial charge < -0.3 is 23.7 Å². The Labute approximate surface area is 162 Å². The number of aryl methyl sites for hydroxylation is 5. The molecule has 0 radical (unpaired) electrons. The maximum Gasteiger partial charge on any atom is 0.274 e. The van der Waals surface area contributed by atoms with E-state index in [1.54, 1.807) is 34.6 Å². The Morgan fingerprint density at radius 2 is 1.75 bits per heavy atom. The first-order valence-electron chi connectivity index (χ1n) is 9.08. The zero-order chi connectivity index (χ0) is 20.6. The topological polar surface area (TPSA) is 127 Å². The van der Waals surface area contributed by atoms with Gasteiger partial charge in [0.2, 0.25) is 11.8 Å². The van der Waals surface area contributed by atoms with Crippen molar-refractivity contribution in [2.24, 2.45) is 0 Å². The van der Waals surface area contributed by atoms with Crippen LogP contribution in [0.1, 0.15) is 65.1 Å². The monoisotopic (exact) mass is 388 g/mol. The van der Waals surface area contributed by atoms with Crippen LogP contribution in [-0.4, -0.2) is 32.1 Å². The van der Waals surface area contributed by atoms with Crippen LogP contribution >= 0.6 is 0 Å². The molecule has 9 heteroatoms. The van der Waals surface area contributed by atoms with Crippen molar-refractivity contribution in [2.75, 3.05) is 0 Å². The molecule has 3 heterocycles. The van der Waals surface area contributed by atoms with E-state index in [1.807, 2.05) is 6.92 Å². The summed E-state index contributed by atoms with van der Waals surface area (Å²) in [6, 6.07) is -0.820. The Kier molecular flexibility index (Phi) is 5.37. The molecule has 3 aromatic heterocycles. The molecule has 28 heavy (non-hydrogen) atoms. The quantitative estimate of drug-likeness (QED) is 0.660. The number of aliphatic hydroxyl groups is 1. The minimum absolute atomic E-state index is 0.0982. The van der Waals surface area contributed by atoms with Crippen LogP contribution in [0.25, 0.3) is 11.6 Å². The smallest absolute Gasteiger partial charge is 0.274 e. The van der Waals surface area contributed by atoms with E-state index < -0.39 is 18.1 Å². The van der Waals surface area contributed by atoms with Crippen molar-refractivity contribution in [3.8, 4) is 11.6 Å². The van der Waals surface area contributed by atoms with Crippen LogP contribution in [-0.2, 0) is 6.42 Å². The summed E-state index contributed by atoms with van der Waals surface area (Å²) >= 11 is 0. The van der Waals surface area contributed by atoms with E-state index >= 15 is 0 Å². The summed E-state index contributed by atoms with van der Waals surface area (Å²) < 4.78 is 16.7.